The molecule has 0 unspecified atom stereocenters. The number of amides is 1. The van der Waals surface area contributed by atoms with Gasteiger partial charge < -0.3 is 11.1 Å². The molecule has 0 aliphatic rings. The van der Waals surface area contributed by atoms with E-state index in [2.05, 4.69) is 25.7 Å². The fourth-order valence-electron chi connectivity index (χ4n) is 1.06. The second-order valence-corrected chi connectivity index (χ2v) is 6.60. The van der Waals surface area contributed by atoms with Gasteiger partial charge in [0.05, 0.1) is 0 Å². The van der Waals surface area contributed by atoms with Gasteiger partial charge in [-0.05, 0) is 0 Å². The third-order valence-corrected chi connectivity index (χ3v) is 4.50. The lowest BCUT2D eigenvalue weighted by atomic mass is 10.5. The molecule has 0 aliphatic heterocycles. The quantitative estimate of drug-likeness (QED) is 0.632. The lowest BCUT2D eigenvalue weighted by Crippen LogP contribution is -2.04. The Kier molecular flexibility index (Phi) is 4.44. The maximum Gasteiger partial charge on any atom is 0.223 e. The topological polar surface area (TPSA) is 107 Å². The molecule has 0 spiro atoms. The van der Waals surface area contributed by atoms with E-state index in [-0.39, 0.29) is 5.91 Å². The van der Waals surface area contributed by atoms with E-state index in [0.29, 0.717) is 10.3 Å². The molecule has 1 amide bonds. The highest BCUT2D eigenvalue weighted by molar-refractivity contribution is 8.01. The molecule has 0 radical (unpaired) electrons. The molecule has 18 heavy (non-hydrogen) atoms. The Bertz CT molecular complexity index is 538. The summed E-state index contributed by atoms with van der Waals surface area (Å²) in [5.41, 5.74) is 5.49. The maximum atomic E-state index is 10.8. The van der Waals surface area contributed by atoms with Crippen molar-refractivity contribution in [3.8, 4) is 0 Å². The van der Waals surface area contributed by atoms with Crippen LogP contribution < -0.4 is 11.1 Å². The van der Waals surface area contributed by atoms with Crippen molar-refractivity contribution in [2.24, 2.45) is 0 Å². The van der Waals surface area contributed by atoms with Crippen LogP contribution in [0.5, 0.6) is 0 Å². The van der Waals surface area contributed by atoms with Gasteiger partial charge >= 0.3 is 0 Å². The van der Waals surface area contributed by atoms with Gasteiger partial charge in [-0.15, -0.1) is 20.4 Å². The van der Waals surface area contributed by atoms with Gasteiger partial charge in [-0.1, -0.05) is 34.4 Å². The largest absolute Gasteiger partial charge is 0.374 e. The number of rotatable bonds is 5. The highest BCUT2D eigenvalue weighted by Crippen LogP contribution is 2.26. The molecular formula is C8H10N6OS3. The van der Waals surface area contributed by atoms with E-state index >= 15 is 0 Å². The first-order valence-corrected chi connectivity index (χ1v) is 7.57. The number of nitrogens with zero attached hydrogens (tertiary/aromatic N) is 4. The Morgan fingerprint density at radius 2 is 2.17 bits per heavy atom. The van der Waals surface area contributed by atoms with Crippen molar-refractivity contribution in [2.75, 3.05) is 16.8 Å². The van der Waals surface area contributed by atoms with Crippen LogP contribution in [0.25, 0.3) is 0 Å². The Morgan fingerprint density at radius 3 is 2.83 bits per heavy atom. The van der Waals surface area contributed by atoms with Crippen LogP contribution in [0.15, 0.2) is 4.34 Å². The van der Waals surface area contributed by atoms with Gasteiger partial charge in [0.1, 0.15) is 5.01 Å². The molecule has 0 bridgehead atoms. The van der Waals surface area contributed by atoms with Crippen molar-refractivity contribution in [2.45, 2.75) is 17.7 Å². The first-order chi connectivity index (χ1) is 8.63. The minimum atomic E-state index is -0.146. The summed E-state index contributed by atoms with van der Waals surface area (Å²) in [6.45, 7) is 1.44. The highest BCUT2D eigenvalue weighted by Gasteiger charge is 2.07. The van der Waals surface area contributed by atoms with Crippen LogP contribution in [-0.4, -0.2) is 32.1 Å². The van der Waals surface area contributed by atoms with Gasteiger partial charge in [-0.25, -0.2) is 0 Å². The number of thioether (sulfide) groups is 1. The van der Waals surface area contributed by atoms with Crippen LogP contribution >= 0.6 is 34.4 Å². The summed E-state index contributed by atoms with van der Waals surface area (Å²) in [5, 5.41) is 20.0. The Hall–Kier alpha value is -1.26. The number of nitrogens with one attached hydrogen (secondary N) is 1. The first kappa shape index (κ1) is 13.2. The summed E-state index contributed by atoms with van der Waals surface area (Å²) in [7, 11) is 0. The lowest BCUT2D eigenvalue weighted by molar-refractivity contribution is -0.114. The Balaban J connectivity index is 1.79. The van der Waals surface area contributed by atoms with E-state index in [1.54, 1.807) is 11.8 Å². The smallest absolute Gasteiger partial charge is 0.223 e. The number of carbonyl (C=O) groups is 1. The minimum absolute atomic E-state index is 0.146. The molecule has 2 heterocycles. The SMILES string of the molecule is CC(=O)Nc1nnc(SCCc2nnc(N)s2)s1. The first-order valence-electron chi connectivity index (χ1n) is 4.95. The standard InChI is InChI=1S/C8H10N6OS3/c1-4(15)10-7-13-14-8(18-7)16-3-2-5-11-12-6(9)17-5/h2-3H2,1H3,(H2,9,12)(H,10,13,15). The van der Waals surface area contributed by atoms with Crippen molar-refractivity contribution in [1.82, 2.24) is 20.4 Å². The van der Waals surface area contributed by atoms with Crippen LogP contribution in [-0.2, 0) is 11.2 Å². The zero-order chi connectivity index (χ0) is 13.0. The van der Waals surface area contributed by atoms with Gasteiger partial charge in [-0.2, -0.15) is 0 Å². The molecule has 0 saturated heterocycles. The number of aromatic nitrogens is 4. The number of hydrogen-bond acceptors (Lipinski definition) is 9. The molecule has 10 heteroatoms. The van der Waals surface area contributed by atoms with Crippen LogP contribution in [0.1, 0.15) is 11.9 Å². The molecule has 0 saturated carbocycles. The van der Waals surface area contributed by atoms with E-state index in [4.69, 9.17) is 5.73 Å². The predicted octanol–water partition coefficient (Wildman–Crippen LogP) is 1.26. The predicted molar refractivity (Wildman–Crippen MR) is 73.0 cm³/mol. The second kappa shape index (κ2) is 6.07. The van der Waals surface area contributed by atoms with E-state index in [1.165, 1.54) is 29.6 Å². The molecule has 0 aromatic carbocycles. The number of nitrogens with two attached hydrogens (primary N) is 1. The Morgan fingerprint density at radius 1 is 1.33 bits per heavy atom. The number of nitrogen functional groups attached to an aromatic ring is 1. The van der Waals surface area contributed by atoms with Gasteiger partial charge in [0.2, 0.25) is 16.2 Å². The highest BCUT2D eigenvalue weighted by atomic mass is 32.2. The zero-order valence-electron chi connectivity index (χ0n) is 9.41. The summed E-state index contributed by atoms with van der Waals surface area (Å²) in [6, 6.07) is 0. The van der Waals surface area contributed by atoms with Crippen molar-refractivity contribution in [1.29, 1.82) is 0 Å². The van der Waals surface area contributed by atoms with Crippen molar-refractivity contribution in [3.05, 3.63) is 5.01 Å². The van der Waals surface area contributed by atoms with Gasteiger partial charge in [0, 0.05) is 19.1 Å². The van der Waals surface area contributed by atoms with Gasteiger partial charge in [0.25, 0.3) is 0 Å². The van der Waals surface area contributed by atoms with E-state index < -0.39 is 0 Å². The van der Waals surface area contributed by atoms with Gasteiger partial charge in [0.15, 0.2) is 4.34 Å². The number of anilines is 2. The fourth-order valence-corrected chi connectivity index (χ4v) is 3.62. The minimum Gasteiger partial charge on any atom is -0.374 e. The fraction of sp³-hybridized carbons (Fsp3) is 0.375. The molecule has 0 atom stereocenters. The summed E-state index contributed by atoms with van der Waals surface area (Å²) in [6.07, 6.45) is 0.786. The van der Waals surface area contributed by atoms with Crippen LogP contribution in [0.4, 0.5) is 10.3 Å². The molecule has 7 nitrogen and oxygen atoms in total. The lowest BCUT2D eigenvalue weighted by Gasteiger charge is -1.93. The molecule has 2 rings (SSSR count). The van der Waals surface area contributed by atoms with Crippen LogP contribution in [0.2, 0.25) is 0 Å². The molecule has 2 aromatic rings. The van der Waals surface area contributed by atoms with Crippen molar-refractivity contribution >= 4 is 50.6 Å². The maximum absolute atomic E-state index is 10.8. The molecule has 2 aromatic heterocycles. The summed E-state index contributed by atoms with van der Waals surface area (Å²) in [5.74, 6) is 0.676. The average Bonchev–Trinajstić information content (AvgIpc) is 2.88. The van der Waals surface area contributed by atoms with Crippen LogP contribution in [0.3, 0.4) is 0 Å². The molecule has 0 aliphatic carbocycles. The van der Waals surface area contributed by atoms with Gasteiger partial charge in [-0.3, -0.25) is 4.79 Å². The van der Waals surface area contributed by atoms with E-state index in [1.807, 2.05) is 0 Å². The third-order valence-electron chi connectivity index (χ3n) is 1.71. The van der Waals surface area contributed by atoms with E-state index in [9.17, 15) is 4.79 Å². The molecule has 0 fully saturated rings. The summed E-state index contributed by atoms with van der Waals surface area (Å²) < 4.78 is 0.816. The zero-order valence-corrected chi connectivity index (χ0v) is 11.9. The number of hydrogen-bond donors (Lipinski definition) is 2. The number of carbonyl (C=O) groups excluding carboxylic acids is 1. The summed E-state index contributed by atoms with van der Waals surface area (Å²) in [4.78, 5) is 10.8. The monoisotopic (exact) mass is 302 g/mol. The van der Waals surface area contributed by atoms with Crippen molar-refractivity contribution in [3.63, 3.8) is 0 Å². The molecule has 3 N–H and O–H groups in total. The normalized spacial score (nSPS) is 10.5. The van der Waals surface area contributed by atoms with Crippen molar-refractivity contribution < 1.29 is 4.79 Å². The van der Waals surface area contributed by atoms with E-state index in [0.717, 1.165) is 21.5 Å². The number of aryl methyl sites for hydroxylation is 1. The van der Waals surface area contributed by atoms with Crippen LogP contribution in [0, 0.1) is 0 Å². The second-order valence-electron chi connectivity index (χ2n) is 3.19. The third kappa shape index (κ3) is 3.89. The average molecular weight is 302 g/mol. The Labute approximate surface area is 115 Å². The molecular weight excluding hydrogens is 292 g/mol. The molecule has 96 valence electrons. The summed E-state index contributed by atoms with van der Waals surface area (Å²) >= 11 is 4.31.